The SMILES string of the molecule is CC(C)CC(O)CNC(=O)Nc1cccc(N(C)C(C)C)c1. The number of benzene rings is 1. The summed E-state index contributed by atoms with van der Waals surface area (Å²) in [6.45, 7) is 8.57. The standard InChI is InChI=1S/C17H29N3O2/c1-12(2)9-16(21)11-18-17(22)19-14-7-6-8-15(10-14)20(5)13(3)4/h6-8,10,12-13,16,21H,9,11H2,1-5H3,(H2,18,19,22). The van der Waals surface area contributed by atoms with Gasteiger partial charge in [0, 0.05) is 31.0 Å². The maximum atomic E-state index is 11.9. The van der Waals surface area contributed by atoms with E-state index in [2.05, 4.69) is 29.4 Å². The van der Waals surface area contributed by atoms with Crippen molar-refractivity contribution in [1.29, 1.82) is 0 Å². The van der Waals surface area contributed by atoms with Crippen LogP contribution in [0.25, 0.3) is 0 Å². The summed E-state index contributed by atoms with van der Waals surface area (Å²) in [5.74, 6) is 0.406. The van der Waals surface area contributed by atoms with Crippen molar-refractivity contribution in [2.24, 2.45) is 5.92 Å². The Balaban J connectivity index is 2.53. The van der Waals surface area contributed by atoms with E-state index in [0.29, 0.717) is 18.4 Å². The largest absolute Gasteiger partial charge is 0.391 e. The number of hydrogen-bond donors (Lipinski definition) is 3. The molecule has 0 radical (unpaired) electrons. The molecule has 1 rings (SSSR count). The van der Waals surface area contributed by atoms with Crippen molar-refractivity contribution in [3.63, 3.8) is 0 Å². The lowest BCUT2D eigenvalue weighted by Crippen LogP contribution is -2.35. The van der Waals surface area contributed by atoms with Crippen molar-refractivity contribution in [3.8, 4) is 0 Å². The van der Waals surface area contributed by atoms with Gasteiger partial charge in [-0.3, -0.25) is 0 Å². The Morgan fingerprint density at radius 2 is 1.95 bits per heavy atom. The van der Waals surface area contributed by atoms with E-state index in [1.165, 1.54) is 0 Å². The second kappa shape index (κ2) is 8.63. The average molecular weight is 307 g/mol. The van der Waals surface area contributed by atoms with Crippen molar-refractivity contribution in [2.45, 2.75) is 46.3 Å². The number of hydrogen-bond acceptors (Lipinski definition) is 3. The molecule has 0 aliphatic carbocycles. The zero-order valence-electron chi connectivity index (χ0n) is 14.3. The molecule has 5 nitrogen and oxygen atoms in total. The molecule has 0 heterocycles. The maximum Gasteiger partial charge on any atom is 0.319 e. The zero-order valence-corrected chi connectivity index (χ0v) is 14.3. The minimum atomic E-state index is -0.510. The third-order valence-electron chi connectivity index (χ3n) is 3.53. The minimum Gasteiger partial charge on any atom is -0.391 e. The molecule has 0 aliphatic heterocycles. The van der Waals surface area contributed by atoms with E-state index in [1.54, 1.807) is 0 Å². The third-order valence-corrected chi connectivity index (χ3v) is 3.53. The summed E-state index contributed by atoms with van der Waals surface area (Å²) in [6, 6.07) is 7.79. The van der Waals surface area contributed by atoms with Gasteiger partial charge in [0.05, 0.1) is 6.10 Å². The van der Waals surface area contributed by atoms with Crippen LogP contribution in [0.4, 0.5) is 16.2 Å². The van der Waals surface area contributed by atoms with E-state index in [9.17, 15) is 9.90 Å². The van der Waals surface area contributed by atoms with Crippen molar-refractivity contribution in [3.05, 3.63) is 24.3 Å². The van der Waals surface area contributed by atoms with Crippen molar-refractivity contribution in [1.82, 2.24) is 5.32 Å². The second-order valence-corrected chi connectivity index (χ2v) is 6.37. The summed E-state index contributed by atoms with van der Waals surface area (Å²) >= 11 is 0. The Morgan fingerprint density at radius 1 is 1.27 bits per heavy atom. The number of carbonyl (C=O) groups is 1. The monoisotopic (exact) mass is 307 g/mol. The van der Waals surface area contributed by atoms with Crippen molar-refractivity contribution in [2.75, 3.05) is 23.8 Å². The molecule has 5 heteroatoms. The lowest BCUT2D eigenvalue weighted by Gasteiger charge is -2.24. The Hall–Kier alpha value is -1.75. The van der Waals surface area contributed by atoms with Crippen molar-refractivity contribution >= 4 is 17.4 Å². The number of aliphatic hydroxyl groups is 1. The molecule has 0 aromatic heterocycles. The van der Waals surface area contributed by atoms with Crippen LogP contribution in [-0.2, 0) is 0 Å². The van der Waals surface area contributed by atoms with Crippen LogP contribution >= 0.6 is 0 Å². The first-order valence-electron chi connectivity index (χ1n) is 7.85. The smallest absolute Gasteiger partial charge is 0.319 e. The highest BCUT2D eigenvalue weighted by molar-refractivity contribution is 5.89. The molecule has 1 aromatic carbocycles. The number of urea groups is 1. The van der Waals surface area contributed by atoms with Crippen LogP contribution < -0.4 is 15.5 Å². The summed E-state index contributed by atoms with van der Waals surface area (Å²) in [7, 11) is 2.02. The molecule has 0 fully saturated rings. The molecule has 3 N–H and O–H groups in total. The highest BCUT2D eigenvalue weighted by Gasteiger charge is 2.10. The predicted octanol–water partition coefficient (Wildman–Crippen LogP) is 3.06. The van der Waals surface area contributed by atoms with Gasteiger partial charge in [-0.05, 0) is 44.4 Å². The molecule has 124 valence electrons. The maximum absolute atomic E-state index is 11.9. The van der Waals surface area contributed by atoms with Gasteiger partial charge in [-0.15, -0.1) is 0 Å². The molecule has 0 spiro atoms. The second-order valence-electron chi connectivity index (χ2n) is 6.37. The Labute approximate surface area is 133 Å². The Bertz CT molecular complexity index is 475. The number of nitrogens with one attached hydrogen (secondary N) is 2. The van der Waals surface area contributed by atoms with E-state index in [4.69, 9.17) is 0 Å². The molecule has 1 unspecified atom stereocenters. The Morgan fingerprint density at radius 3 is 2.55 bits per heavy atom. The Kier molecular flexibility index (Phi) is 7.18. The van der Waals surface area contributed by atoms with E-state index in [-0.39, 0.29) is 12.6 Å². The number of anilines is 2. The van der Waals surface area contributed by atoms with Crippen LogP contribution in [0.3, 0.4) is 0 Å². The lowest BCUT2D eigenvalue weighted by atomic mass is 10.1. The number of aliphatic hydroxyl groups excluding tert-OH is 1. The quantitative estimate of drug-likeness (QED) is 0.725. The average Bonchev–Trinajstić information content (AvgIpc) is 2.43. The van der Waals surface area contributed by atoms with Gasteiger partial charge >= 0.3 is 6.03 Å². The lowest BCUT2D eigenvalue weighted by molar-refractivity contribution is 0.148. The van der Waals surface area contributed by atoms with Gasteiger partial charge in [0.25, 0.3) is 0 Å². The summed E-state index contributed by atoms with van der Waals surface area (Å²) in [5, 5.41) is 15.3. The topological polar surface area (TPSA) is 64.6 Å². The van der Waals surface area contributed by atoms with Gasteiger partial charge in [0.15, 0.2) is 0 Å². The number of amides is 2. The van der Waals surface area contributed by atoms with E-state index >= 15 is 0 Å². The zero-order chi connectivity index (χ0) is 16.7. The van der Waals surface area contributed by atoms with Crippen molar-refractivity contribution < 1.29 is 9.90 Å². The molecular weight excluding hydrogens is 278 g/mol. The first kappa shape index (κ1) is 18.3. The van der Waals surface area contributed by atoms with Crippen LogP contribution in [-0.4, -0.2) is 36.9 Å². The number of carbonyl (C=O) groups excluding carboxylic acids is 1. The highest BCUT2D eigenvalue weighted by atomic mass is 16.3. The fourth-order valence-electron chi connectivity index (χ4n) is 2.11. The first-order chi connectivity index (χ1) is 10.3. The van der Waals surface area contributed by atoms with Crippen LogP contribution in [0, 0.1) is 5.92 Å². The van der Waals surface area contributed by atoms with Gasteiger partial charge in [0.2, 0.25) is 0 Å². The summed E-state index contributed by atoms with van der Waals surface area (Å²) in [5.41, 5.74) is 1.79. The van der Waals surface area contributed by atoms with Crippen LogP contribution in [0.2, 0.25) is 0 Å². The molecule has 1 atom stereocenters. The molecule has 0 bridgehead atoms. The summed E-state index contributed by atoms with van der Waals surface area (Å²) in [6.07, 6.45) is 0.166. The molecule has 0 aliphatic rings. The molecule has 0 saturated heterocycles. The van der Waals surface area contributed by atoms with Crippen LogP contribution in [0.1, 0.15) is 34.1 Å². The fourth-order valence-corrected chi connectivity index (χ4v) is 2.11. The predicted molar refractivity (Wildman–Crippen MR) is 92.5 cm³/mol. The molecule has 0 saturated carbocycles. The van der Waals surface area contributed by atoms with Crippen LogP contribution in [0.5, 0.6) is 0 Å². The molecule has 22 heavy (non-hydrogen) atoms. The fraction of sp³-hybridized carbons (Fsp3) is 0.588. The van der Waals surface area contributed by atoms with E-state index < -0.39 is 6.10 Å². The molecule has 2 amide bonds. The van der Waals surface area contributed by atoms with Gasteiger partial charge < -0.3 is 20.6 Å². The normalized spacial score (nSPS) is 12.4. The summed E-state index contributed by atoms with van der Waals surface area (Å²) in [4.78, 5) is 14.0. The first-order valence-corrected chi connectivity index (χ1v) is 7.85. The summed E-state index contributed by atoms with van der Waals surface area (Å²) < 4.78 is 0. The van der Waals surface area contributed by atoms with Gasteiger partial charge in [-0.25, -0.2) is 4.79 Å². The number of nitrogens with zero attached hydrogens (tertiary/aromatic N) is 1. The highest BCUT2D eigenvalue weighted by Crippen LogP contribution is 2.19. The van der Waals surface area contributed by atoms with Crippen LogP contribution in [0.15, 0.2) is 24.3 Å². The minimum absolute atomic E-state index is 0.260. The molecular formula is C17H29N3O2. The number of rotatable bonds is 7. The van der Waals surface area contributed by atoms with Gasteiger partial charge in [-0.1, -0.05) is 19.9 Å². The van der Waals surface area contributed by atoms with E-state index in [1.807, 2.05) is 45.2 Å². The van der Waals surface area contributed by atoms with E-state index in [0.717, 1.165) is 11.4 Å². The van der Waals surface area contributed by atoms with Gasteiger partial charge in [0.1, 0.15) is 0 Å². The third kappa shape index (κ3) is 6.35. The molecule has 1 aromatic rings. The van der Waals surface area contributed by atoms with Gasteiger partial charge in [-0.2, -0.15) is 0 Å².